The minimum absolute atomic E-state index is 0.316. The Balaban J connectivity index is 1.77. The molecule has 6 heteroatoms. The topological polar surface area (TPSA) is 59.0 Å². The molecule has 2 amide bonds. The summed E-state index contributed by atoms with van der Waals surface area (Å²) < 4.78 is 1.72. The van der Waals surface area contributed by atoms with Crippen LogP contribution < -0.4 is 10.6 Å². The van der Waals surface area contributed by atoms with E-state index in [1.54, 1.807) is 35.1 Å². The van der Waals surface area contributed by atoms with Gasteiger partial charge in [0.15, 0.2) is 0 Å². The summed E-state index contributed by atoms with van der Waals surface area (Å²) in [6.45, 7) is 0. The van der Waals surface area contributed by atoms with Crippen LogP contribution in [0, 0.1) is 0 Å². The summed E-state index contributed by atoms with van der Waals surface area (Å²) >= 11 is 5.83. The molecule has 116 valence electrons. The van der Waals surface area contributed by atoms with Crippen molar-refractivity contribution in [1.29, 1.82) is 0 Å². The Bertz CT molecular complexity index is 827. The van der Waals surface area contributed by atoms with Crippen molar-refractivity contribution < 1.29 is 4.79 Å². The van der Waals surface area contributed by atoms with Gasteiger partial charge in [-0.2, -0.15) is 5.10 Å². The van der Waals surface area contributed by atoms with E-state index in [1.807, 2.05) is 37.5 Å². The molecule has 1 aromatic heterocycles. The molecule has 0 aliphatic heterocycles. The number of halogens is 1. The first-order valence-electron chi connectivity index (χ1n) is 7.03. The maximum atomic E-state index is 12.2. The molecule has 0 saturated heterocycles. The van der Waals surface area contributed by atoms with Crippen molar-refractivity contribution in [2.45, 2.75) is 0 Å². The van der Waals surface area contributed by atoms with Crippen molar-refractivity contribution in [3.63, 3.8) is 0 Å². The van der Waals surface area contributed by atoms with Crippen LogP contribution in [0.4, 0.5) is 16.2 Å². The van der Waals surface area contributed by atoms with Crippen LogP contribution in [0.1, 0.15) is 0 Å². The molecule has 0 aliphatic carbocycles. The van der Waals surface area contributed by atoms with Gasteiger partial charge in [-0.25, -0.2) is 4.79 Å². The number of nitrogens with zero attached hydrogens (tertiary/aromatic N) is 2. The second-order valence-electron chi connectivity index (χ2n) is 5.03. The molecule has 2 aromatic carbocycles. The average molecular weight is 327 g/mol. The van der Waals surface area contributed by atoms with Gasteiger partial charge in [-0.15, -0.1) is 0 Å². The summed E-state index contributed by atoms with van der Waals surface area (Å²) in [5.41, 5.74) is 3.24. The minimum Gasteiger partial charge on any atom is -0.308 e. The third kappa shape index (κ3) is 3.70. The number of hydrogen-bond donors (Lipinski definition) is 2. The van der Waals surface area contributed by atoms with Crippen LogP contribution >= 0.6 is 11.6 Å². The van der Waals surface area contributed by atoms with Gasteiger partial charge >= 0.3 is 6.03 Å². The van der Waals surface area contributed by atoms with Gasteiger partial charge in [0.25, 0.3) is 0 Å². The highest BCUT2D eigenvalue weighted by molar-refractivity contribution is 6.30. The molecule has 3 aromatic rings. The van der Waals surface area contributed by atoms with Gasteiger partial charge in [0.1, 0.15) is 0 Å². The van der Waals surface area contributed by atoms with Crippen molar-refractivity contribution in [2.24, 2.45) is 7.05 Å². The predicted octanol–water partition coefficient (Wildman–Crippen LogP) is 4.38. The highest BCUT2D eigenvalue weighted by atomic mass is 35.5. The average Bonchev–Trinajstić information content (AvgIpc) is 2.96. The summed E-state index contributed by atoms with van der Waals surface area (Å²) in [6, 6.07) is 14.2. The van der Waals surface area contributed by atoms with Crippen molar-refractivity contribution in [3.8, 4) is 11.1 Å². The SMILES string of the molecule is Cn1cc(-c2ccccc2NC(=O)Nc2ccc(Cl)cc2)cn1. The van der Waals surface area contributed by atoms with Crippen LogP contribution in [0.15, 0.2) is 60.9 Å². The monoisotopic (exact) mass is 326 g/mol. The molecular weight excluding hydrogens is 312 g/mol. The molecule has 0 bridgehead atoms. The first-order valence-corrected chi connectivity index (χ1v) is 7.41. The van der Waals surface area contributed by atoms with Gasteiger partial charge in [-0.3, -0.25) is 4.68 Å². The van der Waals surface area contributed by atoms with Gasteiger partial charge in [0, 0.05) is 35.1 Å². The Labute approximate surface area is 138 Å². The van der Waals surface area contributed by atoms with Crippen LogP contribution in [0.5, 0.6) is 0 Å². The van der Waals surface area contributed by atoms with E-state index >= 15 is 0 Å². The molecule has 0 aliphatic rings. The van der Waals surface area contributed by atoms with E-state index in [0.29, 0.717) is 16.4 Å². The van der Waals surface area contributed by atoms with Crippen LogP contribution in [0.25, 0.3) is 11.1 Å². The van der Waals surface area contributed by atoms with E-state index < -0.39 is 0 Å². The molecule has 0 spiro atoms. The number of anilines is 2. The number of rotatable bonds is 3. The minimum atomic E-state index is -0.316. The van der Waals surface area contributed by atoms with E-state index in [0.717, 1.165) is 11.1 Å². The first-order chi connectivity index (χ1) is 11.1. The number of benzene rings is 2. The van der Waals surface area contributed by atoms with Crippen molar-refractivity contribution in [1.82, 2.24) is 9.78 Å². The number of aryl methyl sites for hydroxylation is 1. The largest absolute Gasteiger partial charge is 0.323 e. The maximum Gasteiger partial charge on any atom is 0.323 e. The third-order valence-corrected chi connectivity index (χ3v) is 3.55. The first kappa shape index (κ1) is 15.1. The van der Waals surface area contributed by atoms with Crippen molar-refractivity contribution in [2.75, 3.05) is 10.6 Å². The maximum absolute atomic E-state index is 12.2. The lowest BCUT2D eigenvalue weighted by Gasteiger charge is -2.11. The van der Waals surface area contributed by atoms with Crippen LogP contribution in [0.3, 0.4) is 0 Å². The Morgan fingerprint density at radius 1 is 1.09 bits per heavy atom. The second kappa shape index (κ2) is 6.54. The predicted molar refractivity (Wildman–Crippen MR) is 92.7 cm³/mol. The number of amides is 2. The summed E-state index contributed by atoms with van der Waals surface area (Å²) in [5, 5.41) is 10.4. The number of carbonyl (C=O) groups is 1. The van der Waals surface area contributed by atoms with E-state index in [1.165, 1.54) is 0 Å². The molecule has 5 nitrogen and oxygen atoms in total. The van der Waals surface area contributed by atoms with E-state index in [4.69, 9.17) is 11.6 Å². The smallest absolute Gasteiger partial charge is 0.308 e. The molecular formula is C17H15ClN4O. The third-order valence-electron chi connectivity index (χ3n) is 3.29. The highest BCUT2D eigenvalue weighted by Crippen LogP contribution is 2.27. The standard InChI is InChI=1S/C17H15ClN4O/c1-22-11-12(10-19-22)15-4-2-3-5-16(15)21-17(23)20-14-8-6-13(18)7-9-14/h2-11H,1H3,(H2,20,21,23). The van der Waals surface area contributed by atoms with Gasteiger partial charge in [0.05, 0.1) is 11.9 Å². The number of para-hydroxylation sites is 1. The van der Waals surface area contributed by atoms with Gasteiger partial charge in [-0.05, 0) is 30.3 Å². The van der Waals surface area contributed by atoms with Crippen LogP contribution in [-0.2, 0) is 7.05 Å². The summed E-state index contributed by atoms with van der Waals surface area (Å²) in [7, 11) is 1.85. The summed E-state index contributed by atoms with van der Waals surface area (Å²) in [6.07, 6.45) is 3.66. The lowest BCUT2D eigenvalue weighted by atomic mass is 10.1. The Kier molecular flexibility index (Phi) is 4.30. The fraction of sp³-hybridized carbons (Fsp3) is 0.0588. The van der Waals surface area contributed by atoms with E-state index in [9.17, 15) is 4.79 Å². The van der Waals surface area contributed by atoms with Gasteiger partial charge in [0.2, 0.25) is 0 Å². The zero-order valence-corrected chi connectivity index (χ0v) is 13.2. The number of aromatic nitrogens is 2. The zero-order chi connectivity index (χ0) is 16.2. The Morgan fingerprint density at radius 3 is 2.52 bits per heavy atom. The van der Waals surface area contributed by atoms with Crippen LogP contribution in [-0.4, -0.2) is 15.8 Å². The van der Waals surface area contributed by atoms with Gasteiger partial charge in [-0.1, -0.05) is 29.8 Å². The van der Waals surface area contributed by atoms with Gasteiger partial charge < -0.3 is 10.6 Å². The number of nitrogens with one attached hydrogen (secondary N) is 2. The fourth-order valence-corrected chi connectivity index (χ4v) is 2.35. The van der Waals surface area contributed by atoms with E-state index in [2.05, 4.69) is 15.7 Å². The molecule has 1 heterocycles. The Morgan fingerprint density at radius 2 is 1.83 bits per heavy atom. The molecule has 23 heavy (non-hydrogen) atoms. The normalized spacial score (nSPS) is 10.3. The fourth-order valence-electron chi connectivity index (χ4n) is 2.22. The number of urea groups is 1. The number of carbonyl (C=O) groups excluding carboxylic acids is 1. The molecule has 2 N–H and O–H groups in total. The quantitative estimate of drug-likeness (QED) is 0.750. The molecule has 3 rings (SSSR count). The summed E-state index contributed by atoms with van der Waals surface area (Å²) in [5.74, 6) is 0. The molecule has 0 unspecified atom stereocenters. The second-order valence-corrected chi connectivity index (χ2v) is 5.47. The lowest BCUT2D eigenvalue weighted by Crippen LogP contribution is -2.19. The molecule has 0 fully saturated rings. The van der Waals surface area contributed by atoms with Crippen molar-refractivity contribution in [3.05, 3.63) is 65.9 Å². The van der Waals surface area contributed by atoms with Crippen molar-refractivity contribution >= 4 is 29.0 Å². The number of hydrogen-bond acceptors (Lipinski definition) is 2. The zero-order valence-electron chi connectivity index (χ0n) is 12.5. The lowest BCUT2D eigenvalue weighted by molar-refractivity contribution is 0.262. The molecule has 0 atom stereocenters. The molecule has 0 saturated carbocycles. The highest BCUT2D eigenvalue weighted by Gasteiger charge is 2.09. The molecule has 0 radical (unpaired) electrons. The van der Waals surface area contributed by atoms with Crippen LogP contribution in [0.2, 0.25) is 5.02 Å². The summed E-state index contributed by atoms with van der Waals surface area (Å²) in [4.78, 5) is 12.2. The van der Waals surface area contributed by atoms with E-state index in [-0.39, 0.29) is 6.03 Å². The Hall–Kier alpha value is -2.79.